The van der Waals surface area contributed by atoms with Gasteiger partial charge in [-0.2, -0.15) is 0 Å². The highest BCUT2D eigenvalue weighted by atomic mass is 19.1. The summed E-state index contributed by atoms with van der Waals surface area (Å²) in [6.45, 7) is 0. The minimum absolute atomic E-state index is 0.254. The Kier molecular flexibility index (Phi) is 2.28. The molecule has 2 atom stereocenters. The van der Waals surface area contributed by atoms with Crippen LogP contribution in [0.3, 0.4) is 0 Å². The van der Waals surface area contributed by atoms with Crippen LogP contribution in [-0.2, 0) is 0 Å². The van der Waals surface area contributed by atoms with Crippen LogP contribution in [0.15, 0.2) is 24.3 Å². The Balaban J connectivity index is 1.75. The van der Waals surface area contributed by atoms with Crippen molar-refractivity contribution in [3.8, 4) is 0 Å². The fourth-order valence-corrected chi connectivity index (χ4v) is 3.12. The van der Waals surface area contributed by atoms with Crippen molar-refractivity contribution >= 4 is 0 Å². The fraction of sp³-hybridized carbons (Fsp3) is 0.571. The van der Waals surface area contributed by atoms with Crippen molar-refractivity contribution in [1.82, 2.24) is 0 Å². The molecule has 0 unspecified atom stereocenters. The van der Waals surface area contributed by atoms with Gasteiger partial charge >= 0.3 is 0 Å². The molecule has 1 nitrogen and oxygen atoms in total. The maximum absolute atomic E-state index is 13.1. The first-order valence-electron chi connectivity index (χ1n) is 6.12. The van der Waals surface area contributed by atoms with E-state index in [4.69, 9.17) is 0 Å². The van der Waals surface area contributed by atoms with E-state index in [1.807, 2.05) is 6.07 Å². The summed E-state index contributed by atoms with van der Waals surface area (Å²) in [5.41, 5.74) is 1.31. The maximum Gasteiger partial charge on any atom is 0.123 e. The molecule has 2 heteroatoms. The summed E-state index contributed by atoms with van der Waals surface area (Å²) in [5.74, 6) is 0.0833. The molecule has 2 fully saturated rings. The molecule has 0 aliphatic heterocycles. The van der Waals surface area contributed by atoms with Crippen LogP contribution in [0.2, 0.25) is 0 Å². The van der Waals surface area contributed by atoms with E-state index in [1.54, 1.807) is 6.07 Å². The molecule has 0 saturated heterocycles. The minimum Gasteiger partial charge on any atom is -0.388 e. The van der Waals surface area contributed by atoms with Gasteiger partial charge in [0.25, 0.3) is 0 Å². The quantitative estimate of drug-likeness (QED) is 0.809. The summed E-state index contributed by atoms with van der Waals surface area (Å²) >= 11 is 0. The van der Waals surface area contributed by atoms with Crippen molar-refractivity contribution in [2.45, 2.75) is 38.2 Å². The number of aliphatic hydroxyl groups is 1. The van der Waals surface area contributed by atoms with Crippen LogP contribution in [0.25, 0.3) is 0 Å². The van der Waals surface area contributed by atoms with Gasteiger partial charge in [-0.25, -0.2) is 4.39 Å². The van der Waals surface area contributed by atoms with Crippen LogP contribution in [0.5, 0.6) is 0 Å². The van der Waals surface area contributed by atoms with E-state index in [9.17, 15) is 9.50 Å². The number of halogens is 1. The first-order valence-corrected chi connectivity index (χ1v) is 6.12. The lowest BCUT2D eigenvalue weighted by Gasteiger charge is -2.18. The predicted octanol–water partition coefficient (Wildman–Crippen LogP) is 3.44. The molecule has 16 heavy (non-hydrogen) atoms. The second-order valence-electron chi connectivity index (χ2n) is 5.50. The minimum atomic E-state index is -0.476. The van der Waals surface area contributed by atoms with Gasteiger partial charge in [0.05, 0.1) is 6.10 Å². The Morgan fingerprint density at radius 1 is 1.31 bits per heavy atom. The van der Waals surface area contributed by atoms with Gasteiger partial charge in [0, 0.05) is 0 Å². The molecule has 86 valence electrons. The largest absolute Gasteiger partial charge is 0.388 e. The fourth-order valence-electron chi connectivity index (χ4n) is 3.12. The number of hydrogen-bond donors (Lipinski definition) is 1. The van der Waals surface area contributed by atoms with Crippen LogP contribution in [0, 0.1) is 17.2 Å². The summed E-state index contributed by atoms with van der Waals surface area (Å²) in [7, 11) is 0. The van der Waals surface area contributed by atoms with Crippen LogP contribution < -0.4 is 0 Å². The van der Waals surface area contributed by atoms with E-state index >= 15 is 0 Å². The lowest BCUT2D eigenvalue weighted by molar-refractivity contribution is 0.108. The summed E-state index contributed by atoms with van der Waals surface area (Å²) in [4.78, 5) is 0. The highest BCUT2D eigenvalue weighted by molar-refractivity contribution is 5.20. The highest BCUT2D eigenvalue weighted by Crippen LogP contribution is 2.61. The number of hydrogen-bond acceptors (Lipinski definition) is 1. The molecule has 1 spiro atoms. The molecular weight excluding hydrogens is 203 g/mol. The van der Waals surface area contributed by atoms with Crippen LogP contribution >= 0.6 is 0 Å². The molecule has 3 rings (SSSR count). The Morgan fingerprint density at radius 2 is 2.12 bits per heavy atom. The van der Waals surface area contributed by atoms with E-state index in [-0.39, 0.29) is 5.82 Å². The number of aliphatic hydroxyl groups excluding tert-OH is 1. The van der Waals surface area contributed by atoms with Gasteiger partial charge in [0.1, 0.15) is 5.82 Å². The smallest absolute Gasteiger partial charge is 0.123 e. The molecule has 0 aromatic heterocycles. The lowest BCUT2D eigenvalue weighted by Crippen LogP contribution is -2.10. The molecule has 0 heterocycles. The molecule has 2 aliphatic carbocycles. The molecule has 1 N–H and O–H groups in total. The van der Waals surface area contributed by atoms with Crippen molar-refractivity contribution in [2.24, 2.45) is 11.3 Å². The van der Waals surface area contributed by atoms with Gasteiger partial charge in [-0.15, -0.1) is 0 Å². The van der Waals surface area contributed by atoms with E-state index in [0.29, 0.717) is 11.3 Å². The first kappa shape index (κ1) is 10.3. The third kappa shape index (κ3) is 1.75. The average molecular weight is 220 g/mol. The third-order valence-electron chi connectivity index (χ3n) is 4.33. The summed E-state index contributed by atoms with van der Waals surface area (Å²) in [6, 6.07) is 6.39. The van der Waals surface area contributed by atoms with E-state index < -0.39 is 6.10 Å². The van der Waals surface area contributed by atoms with Crippen LogP contribution in [0.1, 0.15) is 43.8 Å². The second-order valence-corrected chi connectivity index (χ2v) is 5.50. The second kappa shape index (κ2) is 3.56. The van der Waals surface area contributed by atoms with E-state index in [1.165, 1.54) is 31.4 Å². The van der Waals surface area contributed by atoms with Gasteiger partial charge in [-0.1, -0.05) is 12.1 Å². The zero-order valence-electron chi connectivity index (χ0n) is 9.32. The summed E-state index contributed by atoms with van der Waals surface area (Å²) in [5, 5.41) is 10.2. The average Bonchev–Trinajstić information content (AvgIpc) is 2.88. The zero-order chi connectivity index (χ0) is 11.2. The van der Waals surface area contributed by atoms with Gasteiger partial charge in [-0.3, -0.25) is 0 Å². The third-order valence-corrected chi connectivity index (χ3v) is 4.33. The van der Waals surface area contributed by atoms with Crippen LogP contribution in [0.4, 0.5) is 4.39 Å². The van der Waals surface area contributed by atoms with Gasteiger partial charge in [0.15, 0.2) is 0 Å². The standard InChI is InChI=1S/C14H17FO/c15-12-3-1-2-10(8-12)13(16)11-4-5-14(9-11)6-7-14/h1-3,8,11,13,16H,4-7,9H2/t11-,13+/m0/s1. The molecule has 2 saturated carbocycles. The normalized spacial score (nSPS) is 28.2. The van der Waals surface area contributed by atoms with Crippen molar-refractivity contribution in [3.63, 3.8) is 0 Å². The monoisotopic (exact) mass is 220 g/mol. The Morgan fingerprint density at radius 3 is 2.75 bits per heavy atom. The molecule has 0 bridgehead atoms. The summed E-state index contributed by atoms with van der Waals surface area (Å²) < 4.78 is 13.1. The van der Waals surface area contributed by atoms with Crippen molar-refractivity contribution < 1.29 is 9.50 Å². The Labute approximate surface area is 95.3 Å². The topological polar surface area (TPSA) is 20.2 Å². The van der Waals surface area contributed by atoms with Crippen LogP contribution in [-0.4, -0.2) is 5.11 Å². The van der Waals surface area contributed by atoms with E-state index in [2.05, 4.69) is 0 Å². The highest BCUT2D eigenvalue weighted by Gasteiger charge is 2.49. The SMILES string of the molecule is O[C@H](c1cccc(F)c1)[C@H]1CCC2(CC2)C1. The van der Waals surface area contributed by atoms with Gasteiger partial charge in [-0.05, 0) is 61.1 Å². The van der Waals surface area contributed by atoms with Gasteiger partial charge in [0.2, 0.25) is 0 Å². The van der Waals surface area contributed by atoms with Gasteiger partial charge < -0.3 is 5.11 Å². The molecule has 0 radical (unpaired) electrons. The Hall–Kier alpha value is -0.890. The number of benzene rings is 1. The van der Waals surface area contributed by atoms with Crippen molar-refractivity contribution in [3.05, 3.63) is 35.6 Å². The van der Waals surface area contributed by atoms with E-state index in [0.717, 1.165) is 18.4 Å². The first-order chi connectivity index (χ1) is 7.69. The maximum atomic E-state index is 13.1. The molecule has 2 aliphatic rings. The summed E-state index contributed by atoms with van der Waals surface area (Å²) in [6.07, 6.45) is 5.67. The predicted molar refractivity (Wildman–Crippen MR) is 60.4 cm³/mol. The number of rotatable bonds is 2. The Bertz CT molecular complexity index is 397. The molecule has 1 aromatic carbocycles. The van der Waals surface area contributed by atoms with Crippen molar-refractivity contribution in [1.29, 1.82) is 0 Å². The lowest BCUT2D eigenvalue weighted by atomic mass is 9.93. The molecule has 0 amide bonds. The molecule has 1 aromatic rings. The van der Waals surface area contributed by atoms with Crippen molar-refractivity contribution in [2.75, 3.05) is 0 Å². The molecular formula is C14H17FO. The zero-order valence-corrected chi connectivity index (χ0v) is 9.32.